The number of rotatable bonds is 6. The fourth-order valence-corrected chi connectivity index (χ4v) is 1.61. The Morgan fingerprint density at radius 1 is 1.50 bits per heavy atom. The van der Waals surface area contributed by atoms with Crippen LogP contribution in [0.1, 0.15) is 6.92 Å². The van der Waals surface area contributed by atoms with Crippen LogP contribution < -0.4 is 19.5 Å². The third kappa shape index (κ3) is 2.84. The van der Waals surface area contributed by atoms with E-state index in [-0.39, 0.29) is 13.4 Å². The summed E-state index contributed by atoms with van der Waals surface area (Å²) in [6, 6.07) is 4.42. The SMILES string of the molecule is CCNC(COc1ccc2c(c1)OCO2)C(=O)O. The number of carboxylic acid groups (broad SMARTS) is 1. The molecule has 6 heteroatoms. The van der Waals surface area contributed by atoms with Gasteiger partial charge in [-0.3, -0.25) is 4.79 Å². The molecule has 1 aromatic carbocycles. The van der Waals surface area contributed by atoms with E-state index in [4.69, 9.17) is 19.3 Å². The van der Waals surface area contributed by atoms with Crippen LogP contribution in [0.3, 0.4) is 0 Å². The highest BCUT2D eigenvalue weighted by atomic mass is 16.7. The molecule has 0 aliphatic carbocycles. The number of ether oxygens (including phenoxy) is 3. The van der Waals surface area contributed by atoms with Gasteiger partial charge in [-0.2, -0.15) is 0 Å². The molecular weight excluding hydrogens is 238 g/mol. The van der Waals surface area contributed by atoms with Crippen molar-refractivity contribution >= 4 is 5.97 Å². The molecule has 1 aromatic rings. The van der Waals surface area contributed by atoms with Crippen molar-refractivity contribution in [3.8, 4) is 17.2 Å². The number of carboxylic acids is 1. The molecule has 0 aromatic heterocycles. The van der Waals surface area contributed by atoms with E-state index in [9.17, 15) is 4.79 Å². The van der Waals surface area contributed by atoms with Crippen molar-refractivity contribution < 1.29 is 24.1 Å². The number of hydrogen-bond acceptors (Lipinski definition) is 5. The van der Waals surface area contributed by atoms with Gasteiger partial charge in [0, 0.05) is 6.07 Å². The predicted octanol–water partition coefficient (Wildman–Crippen LogP) is 0.857. The molecule has 0 saturated heterocycles. The molecule has 1 heterocycles. The number of benzene rings is 1. The van der Waals surface area contributed by atoms with Gasteiger partial charge >= 0.3 is 5.97 Å². The van der Waals surface area contributed by atoms with Crippen LogP contribution in [0.4, 0.5) is 0 Å². The first-order valence-electron chi connectivity index (χ1n) is 5.69. The van der Waals surface area contributed by atoms with E-state index in [1.807, 2.05) is 6.92 Å². The van der Waals surface area contributed by atoms with Gasteiger partial charge in [0.25, 0.3) is 0 Å². The number of aliphatic carboxylic acids is 1. The van der Waals surface area contributed by atoms with Crippen LogP contribution >= 0.6 is 0 Å². The van der Waals surface area contributed by atoms with Crippen molar-refractivity contribution in [3.05, 3.63) is 18.2 Å². The molecule has 1 aliphatic heterocycles. The number of carbonyl (C=O) groups is 1. The van der Waals surface area contributed by atoms with Gasteiger partial charge in [0.1, 0.15) is 18.4 Å². The third-order valence-corrected chi connectivity index (χ3v) is 2.51. The molecule has 1 aliphatic rings. The lowest BCUT2D eigenvalue weighted by Crippen LogP contribution is -2.41. The van der Waals surface area contributed by atoms with Crippen molar-refractivity contribution in [3.63, 3.8) is 0 Å². The van der Waals surface area contributed by atoms with Crippen LogP contribution in [0.5, 0.6) is 17.2 Å². The van der Waals surface area contributed by atoms with Crippen molar-refractivity contribution in [2.45, 2.75) is 13.0 Å². The lowest BCUT2D eigenvalue weighted by atomic mass is 10.3. The Kier molecular flexibility index (Phi) is 3.88. The normalized spacial score (nSPS) is 14.3. The Morgan fingerprint density at radius 3 is 3.00 bits per heavy atom. The van der Waals surface area contributed by atoms with Crippen molar-refractivity contribution in [1.29, 1.82) is 0 Å². The molecular formula is C12H15NO5. The molecule has 0 saturated carbocycles. The lowest BCUT2D eigenvalue weighted by molar-refractivity contribution is -0.140. The second-order valence-corrected chi connectivity index (χ2v) is 3.77. The van der Waals surface area contributed by atoms with Crippen LogP contribution in [0, 0.1) is 0 Å². The van der Waals surface area contributed by atoms with Crippen LogP contribution in [0.25, 0.3) is 0 Å². The maximum atomic E-state index is 10.9. The summed E-state index contributed by atoms with van der Waals surface area (Å²) >= 11 is 0. The first kappa shape index (κ1) is 12.5. The maximum absolute atomic E-state index is 10.9. The molecule has 6 nitrogen and oxygen atoms in total. The van der Waals surface area contributed by atoms with E-state index < -0.39 is 12.0 Å². The first-order chi connectivity index (χ1) is 8.70. The molecule has 1 atom stereocenters. The zero-order valence-corrected chi connectivity index (χ0v) is 10.0. The lowest BCUT2D eigenvalue weighted by Gasteiger charge is -2.14. The monoisotopic (exact) mass is 253 g/mol. The summed E-state index contributed by atoms with van der Waals surface area (Å²) in [5.41, 5.74) is 0. The number of likely N-dealkylation sites (N-methyl/N-ethyl adjacent to an activating group) is 1. The second-order valence-electron chi connectivity index (χ2n) is 3.77. The van der Waals surface area contributed by atoms with Gasteiger partial charge in [-0.25, -0.2) is 0 Å². The fourth-order valence-electron chi connectivity index (χ4n) is 1.61. The Labute approximate surface area is 104 Å². The van der Waals surface area contributed by atoms with Gasteiger partial charge in [-0.15, -0.1) is 0 Å². The van der Waals surface area contributed by atoms with E-state index >= 15 is 0 Å². The van der Waals surface area contributed by atoms with Gasteiger partial charge < -0.3 is 24.6 Å². The summed E-state index contributed by atoms with van der Waals surface area (Å²) in [7, 11) is 0. The summed E-state index contributed by atoms with van der Waals surface area (Å²) < 4.78 is 15.8. The maximum Gasteiger partial charge on any atom is 0.324 e. The number of nitrogens with one attached hydrogen (secondary N) is 1. The molecule has 0 bridgehead atoms. The zero-order valence-electron chi connectivity index (χ0n) is 10.0. The van der Waals surface area contributed by atoms with Crippen molar-refractivity contribution in [1.82, 2.24) is 5.32 Å². The molecule has 0 radical (unpaired) electrons. The Bertz CT molecular complexity index is 434. The van der Waals surface area contributed by atoms with Gasteiger partial charge in [0.2, 0.25) is 6.79 Å². The average molecular weight is 253 g/mol. The predicted molar refractivity (Wildman–Crippen MR) is 63.2 cm³/mol. The minimum absolute atomic E-state index is 0.0584. The summed E-state index contributed by atoms with van der Waals surface area (Å²) in [4.78, 5) is 10.9. The van der Waals surface area contributed by atoms with Crippen molar-refractivity contribution in [2.75, 3.05) is 19.9 Å². The van der Waals surface area contributed by atoms with E-state index in [1.165, 1.54) is 0 Å². The largest absolute Gasteiger partial charge is 0.491 e. The molecule has 0 spiro atoms. The highest BCUT2D eigenvalue weighted by molar-refractivity contribution is 5.73. The van der Waals surface area contributed by atoms with E-state index in [0.29, 0.717) is 23.8 Å². The van der Waals surface area contributed by atoms with Crippen LogP contribution in [0.2, 0.25) is 0 Å². The van der Waals surface area contributed by atoms with E-state index in [2.05, 4.69) is 5.32 Å². The molecule has 0 amide bonds. The molecule has 2 N–H and O–H groups in total. The first-order valence-corrected chi connectivity index (χ1v) is 5.69. The molecule has 18 heavy (non-hydrogen) atoms. The minimum atomic E-state index is -0.933. The highest BCUT2D eigenvalue weighted by Crippen LogP contribution is 2.35. The Balaban J connectivity index is 1.95. The van der Waals surface area contributed by atoms with Gasteiger partial charge in [-0.1, -0.05) is 6.92 Å². The number of hydrogen-bond donors (Lipinski definition) is 2. The summed E-state index contributed by atoms with van der Waals surface area (Å²) in [5.74, 6) is 0.910. The third-order valence-electron chi connectivity index (χ3n) is 2.51. The molecule has 2 rings (SSSR count). The van der Waals surface area contributed by atoms with E-state index in [0.717, 1.165) is 0 Å². The Hall–Kier alpha value is -1.95. The summed E-state index contributed by atoms with van der Waals surface area (Å²) in [6.45, 7) is 2.68. The molecule has 1 unspecified atom stereocenters. The second kappa shape index (κ2) is 5.59. The average Bonchev–Trinajstić information content (AvgIpc) is 2.81. The van der Waals surface area contributed by atoms with Gasteiger partial charge in [0.15, 0.2) is 11.5 Å². The Morgan fingerprint density at radius 2 is 2.28 bits per heavy atom. The summed E-state index contributed by atoms with van der Waals surface area (Å²) in [6.07, 6.45) is 0. The number of fused-ring (bicyclic) bond motifs is 1. The van der Waals surface area contributed by atoms with Gasteiger partial charge in [-0.05, 0) is 18.7 Å². The smallest absolute Gasteiger partial charge is 0.324 e. The van der Waals surface area contributed by atoms with Crippen molar-refractivity contribution in [2.24, 2.45) is 0 Å². The van der Waals surface area contributed by atoms with Gasteiger partial charge in [0.05, 0.1) is 0 Å². The topological polar surface area (TPSA) is 77.0 Å². The van der Waals surface area contributed by atoms with Crippen LogP contribution in [-0.4, -0.2) is 37.1 Å². The fraction of sp³-hybridized carbons (Fsp3) is 0.417. The zero-order chi connectivity index (χ0) is 13.0. The minimum Gasteiger partial charge on any atom is -0.491 e. The standard InChI is InChI=1S/C12H15NO5/c1-2-13-9(12(14)15)6-16-8-3-4-10-11(5-8)18-7-17-10/h3-5,9,13H,2,6-7H2,1H3,(H,14,15). The van der Waals surface area contributed by atoms with E-state index in [1.54, 1.807) is 18.2 Å². The summed E-state index contributed by atoms with van der Waals surface area (Å²) in [5, 5.41) is 11.8. The molecule has 98 valence electrons. The van der Waals surface area contributed by atoms with Crippen LogP contribution in [0.15, 0.2) is 18.2 Å². The highest BCUT2D eigenvalue weighted by Gasteiger charge is 2.18. The quantitative estimate of drug-likeness (QED) is 0.783. The van der Waals surface area contributed by atoms with Crippen LogP contribution in [-0.2, 0) is 4.79 Å². The molecule has 0 fully saturated rings.